The van der Waals surface area contributed by atoms with Gasteiger partial charge in [-0.2, -0.15) is 5.10 Å². The van der Waals surface area contributed by atoms with Gasteiger partial charge in [-0.05, 0) is 74.1 Å². The molecule has 1 amide bonds. The fraction of sp³-hybridized carbons (Fsp3) is 0.417. The van der Waals surface area contributed by atoms with Gasteiger partial charge in [-0.25, -0.2) is 5.43 Å². The standard InChI is InChI=1S/C24H31N3O3/c1-16-11-20-19(17(2)13-24(3,4)27(20)5)12-18(16)14-25-26-23(28)15-30-22-10-8-7-9-21(22)29-6/h7-12,14,17H,13,15H2,1-6H3,(H,26,28)/b25-14-. The van der Waals surface area contributed by atoms with Crippen molar-refractivity contribution in [2.75, 3.05) is 25.7 Å². The van der Waals surface area contributed by atoms with E-state index in [0.29, 0.717) is 17.4 Å². The van der Waals surface area contributed by atoms with E-state index >= 15 is 0 Å². The first-order chi connectivity index (χ1) is 14.2. The molecule has 1 atom stereocenters. The van der Waals surface area contributed by atoms with Crippen molar-refractivity contribution in [3.63, 3.8) is 0 Å². The molecule has 0 bridgehead atoms. The lowest BCUT2D eigenvalue weighted by Crippen LogP contribution is -2.45. The summed E-state index contributed by atoms with van der Waals surface area (Å²) >= 11 is 0. The van der Waals surface area contributed by atoms with Crippen LogP contribution in [0.15, 0.2) is 41.5 Å². The molecule has 160 valence electrons. The van der Waals surface area contributed by atoms with Gasteiger partial charge < -0.3 is 14.4 Å². The molecule has 1 unspecified atom stereocenters. The van der Waals surface area contributed by atoms with E-state index in [9.17, 15) is 4.79 Å². The van der Waals surface area contributed by atoms with Crippen molar-refractivity contribution in [1.82, 2.24) is 5.43 Å². The van der Waals surface area contributed by atoms with E-state index in [1.807, 2.05) is 12.1 Å². The van der Waals surface area contributed by atoms with E-state index in [-0.39, 0.29) is 18.1 Å². The minimum Gasteiger partial charge on any atom is -0.493 e. The monoisotopic (exact) mass is 409 g/mol. The molecule has 1 aliphatic heterocycles. The van der Waals surface area contributed by atoms with E-state index < -0.39 is 0 Å². The summed E-state index contributed by atoms with van der Waals surface area (Å²) in [4.78, 5) is 14.4. The lowest BCUT2D eigenvalue weighted by Gasteiger charge is -2.45. The van der Waals surface area contributed by atoms with Crippen LogP contribution in [0.2, 0.25) is 0 Å². The van der Waals surface area contributed by atoms with Crippen LogP contribution in [-0.2, 0) is 4.79 Å². The second-order valence-corrected chi connectivity index (χ2v) is 8.48. The summed E-state index contributed by atoms with van der Waals surface area (Å²) in [6.45, 7) is 8.74. The molecule has 1 heterocycles. The molecule has 0 aromatic heterocycles. The van der Waals surface area contributed by atoms with Crippen LogP contribution in [-0.4, -0.2) is 38.4 Å². The number of hydrogen-bond acceptors (Lipinski definition) is 5. The quantitative estimate of drug-likeness (QED) is 0.572. The number of ether oxygens (including phenoxy) is 2. The van der Waals surface area contributed by atoms with E-state index in [1.165, 1.54) is 11.3 Å². The highest BCUT2D eigenvalue weighted by Crippen LogP contribution is 2.43. The lowest BCUT2D eigenvalue weighted by molar-refractivity contribution is -0.123. The second-order valence-electron chi connectivity index (χ2n) is 8.48. The van der Waals surface area contributed by atoms with E-state index in [0.717, 1.165) is 17.5 Å². The Kier molecular flexibility index (Phi) is 6.34. The van der Waals surface area contributed by atoms with Crippen LogP contribution in [0.5, 0.6) is 11.5 Å². The van der Waals surface area contributed by atoms with Crippen molar-refractivity contribution in [2.45, 2.75) is 45.6 Å². The second kappa shape index (κ2) is 8.78. The number of methoxy groups -OCH3 is 1. The molecule has 0 saturated heterocycles. The van der Waals surface area contributed by atoms with Gasteiger partial charge in [0.2, 0.25) is 0 Å². The van der Waals surface area contributed by atoms with Crippen molar-refractivity contribution >= 4 is 17.8 Å². The first-order valence-corrected chi connectivity index (χ1v) is 10.2. The van der Waals surface area contributed by atoms with Crippen molar-refractivity contribution in [1.29, 1.82) is 0 Å². The molecule has 6 heteroatoms. The number of carbonyl (C=O) groups is 1. The summed E-state index contributed by atoms with van der Waals surface area (Å²) < 4.78 is 10.7. The van der Waals surface area contributed by atoms with Gasteiger partial charge in [-0.15, -0.1) is 0 Å². The minimum atomic E-state index is -0.331. The van der Waals surface area contributed by atoms with Crippen LogP contribution < -0.4 is 19.8 Å². The Balaban J connectivity index is 1.65. The number of para-hydroxylation sites is 2. The van der Waals surface area contributed by atoms with Gasteiger partial charge in [0.05, 0.1) is 13.3 Å². The van der Waals surface area contributed by atoms with Crippen molar-refractivity contribution in [2.24, 2.45) is 5.10 Å². The zero-order chi connectivity index (χ0) is 21.9. The zero-order valence-corrected chi connectivity index (χ0v) is 18.7. The number of hydrogen-bond donors (Lipinski definition) is 1. The molecule has 1 N–H and O–H groups in total. The molecule has 6 nitrogen and oxygen atoms in total. The third-order valence-corrected chi connectivity index (χ3v) is 5.84. The number of nitrogens with zero attached hydrogens (tertiary/aromatic N) is 2. The third kappa shape index (κ3) is 4.58. The first-order valence-electron chi connectivity index (χ1n) is 10.2. The van der Waals surface area contributed by atoms with Crippen LogP contribution in [0.3, 0.4) is 0 Å². The normalized spacial score (nSPS) is 17.5. The highest BCUT2D eigenvalue weighted by molar-refractivity contribution is 5.86. The molecule has 30 heavy (non-hydrogen) atoms. The largest absolute Gasteiger partial charge is 0.493 e. The van der Waals surface area contributed by atoms with E-state index in [4.69, 9.17) is 9.47 Å². The summed E-state index contributed by atoms with van der Waals surface area (Å²) in [7, 11) is 3.72. The number of anilines is 1. The average molecular weight is 410 g/mol. The highest BCUT2D eigenvalue weighted by Gasteiger charge is 2.34. The van der Waals surface area contributed by atoms with Crippen molar-refractivity contribution in [3.05, 3.63) is 53.1 Å². The molecule has 3 rings (SSSR count). The van der Waals surface area contributed by atoms with Crippen LogP contribution in [0.25, 0.3) is 0 Å². The van der Waals surface area contributed by atoms with Crippen LogP contribution >= 0.6 is 0 Å². The molecule has 2 aromatic rings. The molecular weight excluding hydrogens is 378 g/mol. The molecule has 0 radical (unpaired) electrons. The topological polar surface area (TPSA) is 63.2 Å². The predicted molar refractivity (Wildman–Crippen MR) is 121 cm³/mol. The van der Waals surface area contributed by atoms with Gasteiger partial charge in [0, 0.05) is 18.3 Å². The third-order valence-electron chi connectivity index (χ3n) is 5.84. The van der Waals surface area contributed by atoms with Crippen LogP contribution in [0.1, 0.15) is 49.8 Å². The van der Waals surface area contributed by atoms with Gasteiger partial charge in [0.1, 0.15) is 0 Å². The molecule has 0 saturated carbocycles. The van der Waals surface area contributed by atoms with Gasteiger partial charge in [0.25, 0.3) is 5.91 Å². The van der Waals surface area contributed by atoms with E-state index in [2.05, 4.69) is 62.3 Å². The SMILES string of the molecule is COc1ccccc1OCC(=O)N/N=C\c1cc2c(cc1C)N(C)C(C)(C)CC2C. The van der Waals surface area contributed by atoms with Crippen molar-refractivity contribution < 1.29 is 14.3 Å². The molecule has 0 spiro atoms. The summed E-state index contributed by atoms with van der Waals surface area (Å²) in [6.07, 6.45) is 2.79. The van der Waals surface area contributed by atoms with Gasteiger partial charge in [0.15, 0.2) is 18.1 Å². The summed E-state index contributed by atoms with van der Waals surface area (Å²) in [5, 5.41) is 4.13. The molecular formula is C24H31N3O3. The minimum absolute atomic E-state index is 0.129. The Labute approximate surface area is 178 Å². The number of aryl methyl sites for hydroxylation is 1. The lowest BCUT2D eigenvalue weighted by atomic mass is 9.79. The van der Waals surface area contributed by atoms with Crippen molar-refractivity contribution in [3.8, 4) is 11.5 Å². The van der Waals surface area contributed by atoms with Crippen LogP contribution in [0, 0.1) is 6.92 Å². The average Bonchev–Trinajstić information content (AvgIpc) is 2.71. The molecule has 2 aromatic carbocycles. The Morgan fingerprint density at radius 1 is 1.30 bits per heavy atom. The number of fused-ring (bicyclic) bond motifs is 1. The predicted octanol–water partition coefficient (Wildman–Crippen LogP) is 4.25. The first kappa shape index (κ1) is 21.7. The van der Waals surface area contributed by atoms with Gasteiger partial charge in [-0.3, -0.25) is 4.79 Å². The Bertz CT molecular complexity index is 953. The number of nitrogens with one attached hydrogen (secondary N) is 1. The molecule has 1 aliphatic rings. The number of amides is 1. The maximum absolute atomic E-state index is 12.1. The number of carbonyl (C=O) groups excluding carboxylic acids is 1. The zero-order valence-electron chi connectivity index (χ0n) is 18.7. The maximum Gasteiger partial charge on any atom is 0.277 e. The summed E-state index contributed by atoms with van der Waals surface area (Å²) in [5.41, 5.74) is 7.36. The number of rotatable bonds is 6. The van der Waals surface area contributed by atoms with Gasteiger partial charge in [-0.1, -0.05) is 19.1 Å². The van der Waals surface area contributed by atoms with E-state index in [1.54, 1.807) is 25.5 Å². The number of hydrazone groups is 1. The maximum atomic E-state index is 12.1. The fourth-order valence-electron chi connectivity index (χ4n) is 3.96. The van der Waals surface area contributed by atoms with Gasteiger partial charge >= 0.3 is 0 Å². The molecule has 0 fully saturated rings. The van der Waals surface area contributed by atoms with Crippen LogP contribution in [0.4, 0.5) is 5.69 Å². The Morgan fingerprint density at radius 2 is 2.00 bits per heavy atom. The highest BCUT2D eigenvalue weighted by atomic mass is 16.5. The number of benzene rings is 2. The summed E-state index contributed by atoms with van der Waals surface area (Å²) in [6, 6.07) is 11.6. The summed E-state index contributed by atoms with van der Waals surface area (Å²) in [5.74, 6) is 1.23. The molecule has 0 aliphatic carbocycles. The Morgan fingerprint density at radius 3 is 2.70 bits per heavy atom. The fourth-order valence-corrected chi connectivity index (χ4v) is 3.96. The smallest absolute Gasteiger partial charge is 0.277 e. The Hall–Kier alpha value is -3.02.